The van der Waals surface area contributed by atoms with Crippen LogP contribution in [0.2, 0.25) is 0 Å². The number of phenols is 1. The summed E-state index contributed by atoms with van der Waals surface area (Å²) < 4.78 is 17.3. The number of nitroso groups, excluding NO2 is 1. The molecule has 0 aromatic heterocycles. The van der Waals surface area contributed by atoms with Crippen LogP contribution in [0.3, 0.4) is 0 Å². The van der Waals surface area contributed by atoms with Crippen LogP contribution in [0, 0.1) is 4.91 Å². The van der Waals surface area contributed by atoms with Gasteiger partial charge in [-0.3, -0.25) is 0 Å². The molecule has 2 aliphatic rings. The number of nitrogens with zero attached hydrogens (tertiary/aromatic N) is 1. The lowest BCUT2D eigenvalue weighted by Crippen LogP contribution is -2.27. The highest BCUT2D eigenvalue weighted by Crippen LogP contribution is 2.45. The van der Waals surface area contributed by atoms with E-state index in [0.29, 0.717) is 11.3 Å². The summed E-state index contributed by atoms with van der Waals surface area (Å²) in [5.41, 5.74) is 2.76. The molecule has 27 heavy (non-hydrogen) atoms. The molecule has 2 aromatic rings. The van der Waals surface area contributed by atoms with Crippen LogP contribution in [0.5, 0.6) is 23.0 Å². The van der Waals surface area contributed by atoms with Crippen molar-refractivity contribution in [3.05, 3.63) is 51.9 Å². The maximum atomic E-state index is 10.8. The number of fused-ring (bicyclic) bond motifs is 3. The van der Waals surface area contributed by atoms with Crippen molar-refractivity contribution in [1.29, 1.82) is 0 Å². The van der Waals surface area contributed by atoms with Crippen molar-refractivity contribution in [2.45, 2.75) is 19.4 Å². The van der Waals surface area contributed by atoms with Gasteiger partial charge in [0.25, 0.3) is 0 Å². The molecule has 0 atom stereocenters. The lowest BCUT2D eigenvalue weighted by Gasteiger charge is -2.30. The van der Waals surface area contributed by atoms with E-state index in [0.717, 1.165) is 28.2 Å². The molecule has 2 heterocycles. The normalized spacial score (nSPS) is 16.3. The standard InChI is InChI=1S/C21H19NO5/c1-21(2)7-6-15-17(27-21)5-4-12-8-13(11-26-20(12)15)19-16(23)9-14(22-24)10-18(19)25-3/h4-10,23H,11H2,1-3H3. The van der Waals surface area contributed by atoms with E-state index in [1.165, 1.54) is 19.2 Å². The molecule has 0 radical (unpaired) electrons. The topological polar surface area (TPSA) is 77.4 Å². The minimum absolute atomic E-state index is 0.0785. The molecule has 0 saturated heterocycles. The predicted molar refractivity (Wildman–Crippen MR) is 104 cm³/mol. The van der Waals surface area contributed by atoms with E-state index in [1.54, 1.807) is 0 Å². The minimum Gasteiger partial charge on any atom is -0.507 e. The zero-order chi connectivity index (χ0) is 19.2. The Labute approximate surface area is 156 Å². The van der Waals surface area contributed by atoms with Gasteiger partial charge in [-0.1, -0.05) is 0 Å². The number of phenolic OH excluding ortho intramolecular Hbond substituents is 1. The lowest BCUT2D eigenvalue weighted by atomic mass is 9.95. The molecule has 0 bridgehead atoms. The number of hydrogen-bond donors (Lipinski definition) is 1. The van der Waals surface area contributed by atoms with Gasteiger partial charge in [0.15, 0.2) is 0 Å². The number of hydrogen-bond acceptors (Lipinski definition) is 6. The van der Waals surface area contributed by atoms with Crippen molar-refractivity contribution in [3.8, 4) is 23.0 Å². The number of aromatic hydroxyl groups is 1. The third-order valence-electron chi connectivity index (χ3n) is 4.63. The van der Waals surface area contributed by atoms with Gasteiger partial charge in [-0.05, 0) is 49.4 Å². The van der Waals surface area contributed by atoms with Crippen LogP contribution in [-0.2, 0) is 0 Å². The molecule has 2 aliphatic heterocycles. The van der Waals surface area contributed by atoms with Crippen LogP contribution < -0.4 is 14.2 Å². The molecule has 6 heteroatoms. The zero-order valence-electron chi connectivity index (χ0n) is 15.3. The van der Waals surface area contributed by atoms with E-state index in [2.05, 4.69) is 5.18 Å². The molecule has 2 aromatic carbocycles. The van der Waals surface area contributed by atoms with Gasteiger partial charge in [0.05, 0.1) is 18.2 Å². The van der Waals surface area contributed by atoms with Crippen LogP contribution in [0.15, 0.2) is 35.5 Å². The molecule has 1 N–H and O–H groups in total. The highest BCUT2D eigenvalue weighted by atomic mass is 16.5. The Bertz CT molecular complexity index is 1000. The van der Waals surface area contributed by atoms with Crippen molar-refractivity contribution < 1.29 is 19.3 Å². The smallest absolute Gasteiger partial charge is 0.137 e. The molecular weight excluding hydrogens is 346 g/mol. The lowest BCUT2D eigenvalue weighted by molar-refractivity contribution is 0.158. The molecule has 4 rings (SSSR count). The average molecular weight is 365 g/mol. The van der Waals surface area contributed by atoms with Crippen LogP contribution in [0.25, 0.3) is 17.7 Å². The molecule has 6 nitrogen and oxygen atoms in total. The van der Waals surface area contributed by atoms with Gasteiger partial charge in [0.2, 0.25) is 0 Å². The third-order valence-corrected chi connectivity index (χ3v) is 4.63. The summed E-state index contributed by atoms with van der Waals surface area (Å²) in [5, 5.41) is 13.2. The minimum atomic E-state index is -0.357. The molecule has 0 spiro atoms. The highest BCUT2D eigenvalue weighted by Gasteiger charge is 2.27. The number of rotatable bonds is 3. The Morgan fingerprint density at radius 1 is 1.26 bits per heavy atom. The van der Waals surface area contributed by atoms with Crippen LogP contribution in [0.1, 0.15) is 30.5 Å². The second-order valence-electron chi connectivity index (χ2n) is 7.03. The van der Waals surface area contributed by atoms with Crippen LogP contribution in [0.4, 0.5) is 5.69 Å². The van der Waals surface area contributed by atoms with Gasteiger partial charge in [0, 0.05) is 23.3 Å². The van der Waals surface area contributed by atoms with Crippen molar-refractivity contribution in [2.75, 3.05) is 13.7 Å². The summed E-state index contributed by atoms with van der Waals surface area (Å²) >= 11 is 0. The summed E-state index contributed by atoms with van der Waals surface area (Å²) in [6.45, 7) is 4.24. The van der Waals surface area contributed by atoms with Crippen molar-refractivity contribution in [2.24, 2.45) is 5.18 Å². The fourth-order valence-electron chi connectivity index (χ4n) is 3.37. The quantitative estimate of drug-likeness (QED) is 0.782. The Hall–Kier alpha value is -3.28. The largest absolute Gasteiger partial charge is 0.507 e. The summed E-state index contributed by atoms with van der Waals surface area (Å²) in [5.74, 6) is 1.81. The molecule has 0 aliphatic carbocycles. The fraction of sp³-hybridized carbons (Fsp3) is 0.238. The van der Waals surface area contributed by atoms with Gasteiger partial charge < -0.3 is 19.3 Å². The first-order valence-corrected chi connectivity index (χ1v) is 8.55. The first kappa shape index (κ1) is 17.1. The van der Waals surface area contributed by atoms with Gasteiger partial charge >= 0.3 is 0 Å². The molecule has 0 saturated carbocycles. The molecule has 138 valence electrons. The maximum absolute atomic E-state index is 10.8. The van der Waals surface area contributed by atoms with Gasteiger partial charge in [-0.15, -0.1) is 4.91 Å². The first-order chi connectivity index (χ1) is 12.9. The third kappa shape index (κ3) is 2.93. The Balaban J connectivity index is 1.81. The second-order valence-corrected chi connectivity index (χ2v) is 7.03. The monoisotopic (exact) mass is 365 g/mol. The average Bonchev–Trinajstić information content (AvgIpc) is 2.65. The zero-order valence-corrected chi connectivity index (χ0v) is 15.3. The first-order valence-electron chi connectivity index (χ1n) is 8.55. The maximum Gasteiger partial charge on any atom is 0.137 e. The van der Waals surface area contributed by atoms with Gasteiger partial charge in [-0.25, -0.2) is 0 Å². The van der Waals surface area contributed by atoms with Crippen LogP contribution >= 0.6 is 0 Å². The number of benzene rings is 2. The van der Waals surface area contributed by atoms with Crippen molar-refractivity contribution in [1.82, 2.24) is 0 Å². The highest BCUT2D eigenvalue weighted by molar-refractivity contribution is 5.92. The summed E-state index contributed by atoms with van der Waals surface area (Å²) in [6.07, 6.45) is 5.95. The second kappa shape index (κ2) is 6.16. The van der Waals surface area contributed by atoms with Gasteiger partial charge in [0.1, 0.15) is 40.9 Å². The summed E-state index contributed by atoms with van der Waals surface area (Å²) in [7, 11) is 1.48. The van der Waals surface area contributed by atoms with Crippen molar-refractivity contribution >= 4 is 23.4 Å². The Morgan fingerprint density at radius 3 is 2.81 bits per heavy atom. The molecule has 0 amide bonds. The number of ether oxygens (including phenoxy) is 3. The van der Waals surface area contributed by atoms with E-state index in [4.69, 9.17) is 14.2 Å². The molecule has 0 fully saturated rings. The SMILES string of the molecule is COc1cc(N=O)cc(O)c1C1=Cc2ccc3c(c2OC1)C=CC(C)(C)O3. The van der Waals surface area contributed by atoms with Crippen LogP contribution in [-0.4, -0.2) is 24.4 Å². The molecular formula is C21H19NO5. The number of methoxy groups -OCH3 is 1. The van der Waals surface area contributed by atoms with E-state index in [-0.39, 0.29) is 23.6 Å². The molecule has 0 unspecified atom stereocenters. The Kier molecular flexibility index (Phi) is 3.91. The summed E-state index contributed by atoms with van der Waals surface area (Å²) in [6, 6.07) is 6.64. The van der Waals surface area contributed by atoms with E-state index in [1.807, 2.05) is 44.2 Å². The van der Waals surface area contributed by atoms with E-state index in [9.17, 15) is 10.0 Å². The predicted octanol–water partition coefficient (Wildman–Crippen LogP) is 4.92. The summed E-state index contributed by atoms with van der Waals surface area (Å²) in [4.78, 5) is 10.8. The van der Waals surface area contributed by atoms with Gasteiger partial charge in [-0.2, -0.15) is 0 Å². The Morgan fingerprint density at radius 2 is 2.07 bits per heavy atom. The van der Waals surface area contributed by atoms with E-state index < -0.39 is 0 Å². The van der Waals surface area contributed by atoms with Crippen molar-refractivity contribution in [3.63, 3.8) is 0 Å². The fourth-order valence-corrected chi connectivity index (χ4v) is 3.37. The van der Waals surface area contributed by atoms with E-state index >= 15 is 0 Å².